The van der Waals surface area contributed by atoms with Crippen LogP contribution in [0, 0.1) is 0 Å². The smallest absolute Gasteiger partial charge is 0.302 e. The van der Waals surface area contributed by atoms with Gasteiger partial charge in [0.05, 0.1) is 5.56 Å². The Bertz CT molecular complexity index is 553. The lowest BCUT2D eigenvalue weighted by atomic mass is 10.1. The van der Waals surface area contributed by atoms with Gasteiger partial charge in [0.1, 0.15) is 19.5 Å². The van der Waals surface area contributed by atoms with Gasteiger partial charge in [-0.2, -0.15) is 0 Å². The summed E-state index contributed by atoms with van der Waals surface area (Å²) in [4.78, 5) is 20.4. The molecule has 0 amide bonds. The first-order chi connectivity index (χ1) is 9.72. The van der Waals surface area contributed by atoms with E-state index in [9.17, 15) is 4.79 Å². The molecule has 1 heterocycles. The number of carbonyl (C=O) groups excluding carboxylic acids is 1. The number of carbonyl (C=O) groups is 1. The number of fused-ring (bicyclic) bond motifs is 1. The van der Waals surface area contributed by atoms with Gasteiger partial charge in [-0.3, -0.25) is 4.79 Å². The lowest BCUT2D eigenvalue weighted by molar-refractivity contribution is -0.142. The third-order valence-corrected chi connectivity index (χ3v) is 2.36. The molecule has 0 saturated carbocycles. The number of para-hydroxylation sites is 1. The molecule has 0 fully saturated rings. The van der Waals surface area contributed by atoms with E-state index in [1.165, 1.54) is 14.0 Å². The van der Waals surface area contributed by atoms with Crippen molar-refractivity contribution in [3.8, 4) is 5.75 Å². The fourth-order valence-corrected chi connectivity index (χ4v) is 1.59. The van der Waals surface area contributed by atoms with E-state index >= 15 is 0 Å². The van der Waals surface area contributed by atoms with Crippen LogP contribution in [0.3, 0.4) is 0 Å². The summed E-state index contributed by atoms with van der Waals surface area (Å²) in [5, 5.41) is 7.70. The second-order valence-corrected chi connectivity index (χ2v) is 3.79. The van der Waals surface area contributed by atoms with E-state index in [0.717, 1.165) is 5.56 Å². The molecule has 1 aliphatic rings. The van der Waals surface area contributed by atoms with E-state index in [-0.39, 0.29) is 25.1 Å². The van der Waals surface area contributed by atoms with Gasteiger partial charge in [0.15, 0.2) is 12.3 Å². The standard InChI is InChI=1S/C13H14N2O5/c1-9(16)18-7-8-19-15-13-12(14-17-2)10-5-3-4-6-11(10)20-13/h3-6H,7-8H2,1-2H3/b14-12?,15-13-. The van der Waals surface area contributed by atoms with E-state index in [4.69, 9.17) is 19.1 Å². The van der Waals surface area contributed by atoms with Crippen LogP contribution in [0.4, 0.5) is 0 Å². The second-order valence-electron chi connectivity index (χ2n) is 3.79. The van der Waals surface area contributed by atoms with Gasteiger partial charge in [-0.15, -0.1) is 0 Å². The van der Waals surface area contributed by atoms with Gasteiger partial charge in [0.2, 0.25) is 0 Å². The topological polar surface area (TPSA) is 78.7 Å². The summed E-state index contributed by atoms with van der Waals surface area (Å²) < 4.78 is 10.2. The highest BCUT2D eigenvalue weighted by atomic mass is 16.7. The number of ether oxygens (including phenoxy) is 2. The molecular formula is C13H14N2O5. The fourth-order valence-electron chi connectivity index (χ4n) is 1.59. The number of hydrogen-bond acceptors (Lipinski definition) is 7. The first-order valence-corrected chi connectivity index (χ1v) is 5.94. The number of nitrogens with zero attached hydrogens (tertiary/aromatic N) is 2. The first-order valence-electron chi connectivity index (χ1n) is 5.94. The zero-order valence-electron chi connectivity index (χ0n) is 11.2. The molecule has 1 aliphatic heterocycles. The molecule has 0 aromatic heterocycles. The van der Waals surface area contributed by atoms with Crippen molar-refractivity contribution in [3.63, 3.8) is 0 Å². The van der Waals surface area contributed by atoms with Crippen molar-refractivity contribution < 1.29 is 23.9 Å². The molecule has 2 rings (SSSR count). The van der Waals surface area contributed by atoms with Crippen molar-refractivity contribution >= 4 is 17.6 Å². The lowest BCUT2D eigenvalue weighted by Gasteiger charge is -2.01. The average molecular weight is 278 g/mol. The van der Waals surface area contributed by atoms with Crippen molar-refractivity contribution in [1.29, 1.82) is 0 Å². The Balaban J connectivity index is 2.02. The lowest BCUT2D eigenvalue weighted by Crippen LogP contribution is -2.15. The quantitative estimate of drug-likeness (QED) is 0.461. The molecule has 0 saturated heterocycles. The van der Waals surface area contributed by atoms with Gasteiger partial charge < -0.3 is 19.1 Å². The van der Waals surface area contributed by atoms with Crippen LogP contribution in [-0.4, -0.2) is 37.9 Å². The van der Waals surface area contributed by atoms with Crippen LogP contribution in [0.15, 0.2) is 34.6 Å². The highest BCUT2D eigenvalue weighted by Crippen LogP contribution is 2.26. The summed E-state index contributed by atoms with van der Waals surface area (Å²) in [6.07, 6.45) is 0. The number of hydrogen-bond donors (Lipinski definition) is 0. The number of rotatable bonds is 5. The molecule has 0 atom stereocenters. The maximum Gasteiger partial charge on any atom is 0.302 e. The Morgan fingerprint density at radius 3 is 2.80 bits per heavy atom. The molecule has 0 spiro atoms. The molecule has 0 radical (unpaired) electrons. The summed E-state index contributed by atoms with van der Waals surface area (Å²) in [5.41, 5.74) is 1.23. The molecule has 0 aliphatic carbocycles. The van der Waals surface area contributed by atoms with Crippen molar-refractivity contribution in [1.82, 2.24) is 0 Å². The normalized spacial score (nSPS) is 16.7. The molecule has 0 bridgehead atoms. The highest BCUT2D eigenvalue weighted by Gasteiger charge is 2.28. The Morgan fingerprint density at radius 1 is 1.25 bits per heavy atom. The minimum Gasteiger partial charge on any atom is -0.462 e. The largest absolute Gasteiger partial charge is 0.462 e. The monoisotopic (exact) mass is 278 g/mol. The predicted octanol–water partition coefficient (Wildman–Crippen LogP) is 1.32. The maximum absolute atomic E-state index is 10.6. The van der Waals surface area contributed by atoms with Crippen LogP contribution in [-0.2, 0) is 19.2 Å². The van der Waals surface area contributed by atoms with Crippen molar-refractivity contribution in [2.75, 3.05) is 20.3 Å². The van der Waals surface area contributed by atoms with E-state index in [1.54, 1.807) is 6.07 Å². The first kappa shape index (κ1) is 13.9. The summed E-state index contributed by atoms with van der Waals surface area (Å²) in [5.74, 6) is 0.467. The molecule has 0 unspecified atom stereocenters. The van der Waals surface area contributed by atoms with Crippen LogP contribution in [0.1, 0.15) is 12.5 Å². The maximum atomic E-state index is 10.6. The van der Waals surface area contributed by atoms with Crippen LogP contribution in [0.25, 0.3) is 0 Å². The van der Waals surface area contributed by atoms with Crippen LogP contribution < -0.4 is 4.74 Å². The van der Waals surface area contributed by atoms with E-state index < -0.39 is 0 Å². The van der Waals surface area contributed by atoms with Crippen molar-refractivity contribution in [2.24, 2.45) is 10.3 Å². The molecule has 7 heteroatoms. The summed E-state index contributed by atoms with van der Waals surface area (Å²) in [6, 6.07) is 7.34. The molecule has 20 heavy (non-hydrogen) atoms. The van der Waals surface area contributed by atoms with Crippen LogP contribution in [0.2, 0.25) is 0 Å². The van der Waals surface area contributed by atoms with E-state index in [0.29, 0.717) is 11.5 Å². The van der Waals surface area contributed by atoms with Gasteiger partial charge in [0.25, 0.3) is 5.90 Å². The summed E-state index contributed by atoms with van der Waals surface area (Å²) >= 11 is 0. The number of oxime groups is 2. The Kier molecular flexibility index (Phi) is 4.54. The molecule has 7 nitrogen and oxygen atoms in total. The number of benzene rings is 1. The van der Waals surface area contributed by atoms with E-state index in [2.05, 4.69) is 10.3 Å². The molecular weight excluding hydrogens is 264 g/mol. The van der Waals surface area contributed by atoms with Gasteiger partial charge >= 0.3 is 5.97 Å². The zero-order valence-corrected chi connectivity index (χ0v) is 11.2. The van der Waals surface area contributed by atoms with Crippen LogP contribution >= 0.6 is 0 Å². The summed E-state index contributed by atoms with van der Waals surface area (Å²) in [6.45, 7) is 1.57. The van der Waals surface area contributed by atoms with Gasteiger partial charge in [0, 0.05) is 6.92 Å². The predicted molar refractivity (Wildman–Crippen MR) is 70.6 cm³/mol. The van der Waals surface area contributed by atoms with Gasteiger partial charge in [-0.25, -0.2) is 0 Å². The average Bonchev–Trinajstić information content (AvgIpc) is 2.77. The Hall–Kier alpha value is -2.57. The molecule has 106 valence electrons. The van der Waals surface area contributed by atoms with Crippen molar-refractivity contribution in [3.05, 3.63) is 29.8 Å². The number of esters is 1. The minimum atomic E-state index is -0.368. The molecule has 1 aromatic carbocycles. The van der Waals surface area contributed by atoms with Gasteiger partial charge in [-0.1, -0.05) is 17.3 Å². The third kappa shape index (κ3) is 3.25. The summed E-state index contributed by atoms with van der Waals surface area (Å²) in [7, 11) is 1.44. The van der Waals surface area contributed by atoms with E-state index in [1.807, 2.05) is 18.2 Å². The highest BCUT2D eigenvalue weighted by molar-refractivity contribution is 6.48. The third-order valence-electron chi connectivity index (χ3n) is 2.36. The Labute approximate surface area is 115 Å². The second kappa shape index (κ2) is 6.55. The molecule has 1 aromatic rings. The zero-order chi connectivity index (χ0) is 14.4. The fraction of sp³-hybridized carbons (Fsp3) is 0.308. The minimum absolute atomic E-state index is 0.121. The van der Waals surface area contributed by atoms with Gasteiger partial charge in [-0.05, 0) is 17.3 Å². The van der Waals surface area contributed by atoms with Crippen LogP contribution in [0.5, 0.6) is 5.75 Å². The Morgan fingerprint density at radius 2 is 2.05 bits per heavy atom. The molecule has 0 N–H and O–H groups in total. The van der Waals surface area contributed by atoms with Crippen molar-refractivity contribution in [2.45, 2.75) is 6.92 Å². The SMILES string of the molecule is CON=C1/C(=N/OCCOC(C)=O)Oc2ccccc21.